The van der Waals surface area contributed by atoms with E-state index in [0.29, 0.717) is 6.54 Å². The van der Waals surface area contributed by atoms with Gasteiger partial charge < -0.3 is 5.43 Å². The third-order valence-electron chi connectivity index (χ3n) is 2.42. The smallest absolute Gasteiger partial charge is 0.266 e. The zero-order chi connectivity index (χ0) is 12.9. The summed E-state index contributed by atoms with van der Waals surface area (Å²) in [6.45, 7) is 4.77. The van der Waals surface area contributed by atoms with Crippen LogP contribution in [0, 0.1) is 6.92 Å². The minimum absolute atomic E-state index is 0.240. The second kappa shape index (κ2) is 6.00. The van der Waals surface area contributed by atoms with Crippen molar-refractivity contribution in [2.24, 2.45) is 0 Å². The molecule has 0 aliphatic rings. The predicted octanol–water partition coefficient (Wildman–Crippen LogP) is 1.53. The van der Waals surface area contributed by atoms with Crippen LogP contribution in [0.2, 0.25) is 0 Å². The van der Waals surface area contributed by atoms with Crippen molar-refractivity contribution in [1.82, 2.24) is 5.01 Å². The van der Waals surface area contributed by atoms with Gasteiger partial charge in [0, 0.05) is 13.1 Å². The molecule has 0 bridgehead atoms. The van der Waals surface area contributed by atoms with E-state index >= 15 is 0 Å². The van der Waals surface area contributed by atoms with Crippen LogP contribution in [0.1, 0.15) is 12.5 Å². The van der Waals surface area contributed by atoms with Crippen LogP contribution in [0.3, 0.4) is 0 Å². The highest BCUT2D eigenvalue weighted by Gasteiger charge is 2.09. The van der Waals surface area contributed by atoms with Gasteiger partial charge in [0.2, 0.25) is 0 Å². The predicted molar refractivity (Wildman–Crippen MR) is 68.5 cm³/mol. The normalized spacial score (nSPS) is 11.8. The summed E-state index contributed by atoms with van der Waals surface area (Å²) in [5, 5.41) is 1.75. The first kappa shape index (κ1) is 14.0. The molecule has 0 amide bonds. The van der Waals surface area contributed by atoms with Crippen molar-refractivity contribution in [2.75, 3.05) is 24.3 Å². The number of rotatable bonds is 6. The summed E-state index contributed by atoms with van der Waals surface area (Å²) in [6, 6.07) is 7.74. The Bertz CT molecular complexity index is 460. The van der Waals surface area contributed by atoms with Crippen LogP contribution in [-0.4, -0.2) is 36.8 Å². The first-order valence-electron chi connectivity index (χ1n) is 5.45. The molecule has 0 heterocycles. The fourth-order valence-electron chi connectivity index (χ4n) is 1.39. The second-order valence-electron chi connectivity index (χ2n) is 3.79. The number of hydrazine groups is 1. The minimum atomic E-state index is -3.91. The van der Waals surface area contributed by atoms with Gasteiger partial charge in [0.15, 0.2) is 0 Å². The molecule has 17 heavy (non-hydrogen) atoms. The number of anilines is 1. The number of hydrogen-bond donors (Lipinski definition) is 2. The molecule has 0 aromatic heterocycles. The average Bonchev–Trinajstić information content (AvgIpc) is 2.25. The van der Waals surface area contributed by atoms with Crippen LogP contribution in [-0.2, 0) is 10.1 Å². The monoisotopic (exact) mass is 258 g/mol. The van der Waals surface area contributed by atoms with Gasteiger partial charge in [-0.3, -0.25) is 4.55 Å². The van der Waals surface area contributed by atoms with Crippen molar-refractivity contribution in [3.05, 3.63) is 29.8 Å². The van der Waals surface area contributed by atoms with Crippen molar-refractivity contribution in [3.8, 4) is 0 Å². The molecule has 1 aromatic carbocycles. The molecular formula is C11H18N2O3S. The van der Waals surface area contributed by atoms with E-state index in [4.69, 9.17) is 4.55 Å². The summed E-state index contributed by atoms with van der Waals surface area (Å²) in [6.07, 6.45) is 0. The molecule has 96 valence electrons. The summed E-state index contributed by atoms with van der Waals surface area (Å²) < 4.78 is 30.0. The van der Waals surface area contributed by atoms with E-state index in [9.17, 15) is 8.42 Å². The van der Waals surface area contributed by atoms with E-state index in [2.05, 4.69) is 5.43 Å². The Morgan fingerprint density at radius 2 is 2.00 bits per heavy atom. The summed E-state index contributed by atoms with van der Waals surface area (Å²) in [5.74, 6) is -0.278. The van der Waals surface area contributed by atoms with Gasteiger partial charge in [-0.05, 0) is 18.6 Å². The number of para-hydroxylation sites is 1. The molecule has 0 atom stereocenters. The summed E-state index contributed by atoms with van der Waals surface area (Å²) in [5.41, 5.74) is 5.14. The zero-order valence-electron chi connectivity index (χ0n) is 10.0. The van der Waals surface area contributed by atoms with E-state index in [0.717, 1.165) is 11.3 Å². The van der Waals surface area contributed by atoms with Gasteiger partial charge in [0.25, 0.3) is 10.1 Å². The van der Waals surface area contributed by atoms with E-state index in [1.807, 2.05) is 38.1 Å². The van der Waals surface area contributed by atoms with Gasteiger partial charge in [-0.25, -0.2) is 5.01 Å². The summed E-state index contributed by atoms with van der Waals surface area (Å²) in [7, 11) is -3.91. The molecule has 1 aromatic rings. The van der Waals surface area contributed by atoms with Gasteiger partial charge in [-0.15, -0.1) is 0 Å². The van der Waals surface area contributed by atoms with Gasteiger partial charge in [-0.2, -0.15) is 8.42 Å². The standard InChI is InChI=1S/C11H18N2O3S/c1-3-13(8-9-17(14,15)16)12-11-7-5-4-6-10(11)2/h4-7,12H,3,8-9H2,1-2H3,(H,14,15,16). The van der Waals surface area contributed by atoms with Crippen LogP contribution in [0.5, 0.6) is 0 Å². The van der Waals surface area contributed by atoms with Gasteiger partial charge in [0.05, 0.1) is 11.4 Å². The lowest BCUT2D eigenvalue weighted by Gasteiger charge is -2.23. The fraction of sp³-hybridized carbons (Fsp3) is 0.455. The Labute approximate surface area is 102 Å². The maximum Gasteiger partial charge on any atom is 0.266 e. The molecule has 0 spiro atoms. The molecule has 0 radical (unpaired) electrons. The molecule has 0 saturated carbocycles. The Morgan fingerprint density at radius 1 is 1.35 bits per heavy atom. The summed E-state index contributed by atoms with van der Waals surface area (Å²) in [4.78, 5) is 0. The minimum Gasteiger partial charge on any atom is -0.319 e. The van der Waals surface area contributed by atoms with Crippen molar-refractivity contribution in [3.63, 3.8) is 0 Å². The maximum atomic E-state index is 10.7. The first-order valence-corrected chi connectivity index (χ1v) is 7.05. The molecule has 0 unspecified atom stereocenters. The van der Waals surface area contributed by atoms with Crippen LogP contribution in [0.25, 0.3) is 0 Å². The van der Waals surface area contributed by atoms with Gasteiger partial charge in [-0.1, -0.05) is 25.1 Å². The largest absolute Gasteiger partial charge is 0.319 e. The molecule has 5 nitrogen and oxygen atoms in total. The molecule has 0 saturated heterocycles. The molecule has 0 aliphatic heterocycles. The number of hydrogen-bond acceptors (Lipinski definition) is 4. The van der Waals surface area contributed by atoms with E-state index in [1.165, 1.54) is 0 Å². The number of nitrogens with one attached hydrogen (secondary N) is 1. The first-order chi connectivity index (χ1) is 7.92. The van der Waals surface area contributed by atoms with Crippen LogP contribution in [0.15, 0.2) is 24.3 Å². The SMILES string of the molecule is CCN(CCS(=O)(=O)O)Nc1ccccc1C. The lowest BCUT2D eigenvalue weighted by Crippen LogP contribution is -2.34. The number of nitrogens with zero attached hydrogens (tertiary/aromatic N) is 1. The van der Waals surface area contributed by atoms with E-state index in [1.54, 1.807) is 5.01 Å². The Hall–Kier alpha value is -1.11. The lowest BCUT2D eigenvalue weighted by molar-refractivity contribution is 0.361. The molecule has 0 fully saturated rings. The van der Waals surface area contributed by atoms with Gasteiger partial charge in [0.1, 0.15) is 0 Å². The zero-order valence-corrected chi connectivity index (χ0v) is 10.9. The van der Waals surface area contributed by atoms with Crippen molar-refractivity contribution < 1.29 is 13.0 Å². The Morgan fingerprint density at radius 3 is 2.53 bits per heavy atom. The Kier molecular flexibility index (Phi) is 4.92. The third-order valence-corrected chi connectivity index (χ3v) is 3.12. The lowest BCUT2D eigenvalue weighted by atomic mass is 10.2. The quantitative estimate of drug-likeness (QED) is 0.598. The maximum absolute atomic E-state index is 10.7. The van der Waals surface area contributed by atoms with E-state index < -0.39 is 10.1 Å². The topological polar surface area (TPSA) is 69.6 Å². The summed E-state index contributed by atoms with van der Waals surface area (Å²) >= 11 is 0. The molecule has 0 aliphatic carbocycles. The highest BCUT2D eigenvalue weighted by Crippen LogP contribution is 2.13. The van der Waals surface area contributed by atoms with Crippen LogP contribution in [0.4, 0.5) is 5.69 Å². The second-order valence-corrected chi connectivity index (χ2v) is 5.36. The molecule has 2 N–H and O–H groups in total. The van der Waals surface area contributed by atoms with E-state index in [-0.39, 0.29) is 12.3 Å². The Balaban J connectivity index is 2.61. The fourth-order valence-corrected chi connectivity index (χ4v) is 1.84. The molecule has 6 heteroatoms. The highest BCUT2D eigenvalue weighted by atomic mass is 32.2. The molecular weight excluding hydrogens is 240 g/mol. The number of aryl methyl sites for hydroxylation is 1. The van der Waals surface area contributed by atoms with Crippen molar-refractivity contribution in [2.45, 2.75) is 13.8 Å². The highest BCUT2D eigenvalue weighted by molar-refractivity contribution is 7.85. The van der Waals surface area contributed by atoms with Crippen LogP contribution < -0.4 is 5.43 Å². The molecule has 1 rings (SSSR count). The average molecular weight is 258 g/mol. The number of benzene rings is 1. The van der Waals surface area contributed by atoms with Crippen LogP contribution >= 0.6 is 0 Å². The van der Waals surface area contributed by atoms with Crippen molar-refractivity contribution >= 4 is 15.8 Å². The van der Waals surface area contributed by atoms with Crippen molar-refractivity contribution in [1.29, 1.82) is 0 Å². The van der Waals surface area contributed by atoms with Gasteiger partial charge >= 0.3 is 0 Å². The third kappa shape index (κ3) is 5.16.